The molecule has 5 rings (SSSR count). The molecule has 2 heterocycles. The van der Waals surface area contributed by atoms with Crippen molar-refractivity contribution in [2.75, 3.05) is 19.7 Å². The molecule has 2 atom stereocenters. The topological polar surface area (TPSA) is 87.8 Å². The van der Waals surface area contributed by atoms with E-state index in [9.17, 15) is 14.0 Å². The standard InChI is InChI=1S/C35H38ClFN4O4/c1-7-44-30-17-15-27(37)31(32(30)36)25-13-14-26-28(38-39-29(26)18-25)16-10-23-8-11-24(12-9-23)33(42)40-19-21(2)41(22(3)20-40)34(43)45-35(4,5)6/h8-18,21-22H,7,19-20H2,1-6H3,(H,38,39)/b16-10+/t21-,22+. The van der Waals surface area contributed by atoms with Crippen LogP contribution in [0.15, 0.2) is 54.6 Å². The van der Waals surface area contributed by atoms with Crippen molar-refractivity contribution in [1.29, 1.82) is 0 Å². The largest absolute Gasteiger partial charge is 0.492 e. The van der Waals surface area contributed by atoms with E-state index in [0.29, 0.717) is 36.6 Å². The molecule has 2 amide bonds. The van der Waals surface area contributed by atoms with Crippen molar-refractivity contribution in [3.63, 3.8) is 0 Å². The number of aromatic amines is 1. The van der Waals surface area contributed by atoms with Gasteiger partial charge in [0.1, 0.15) is 17.2 Å². The normalized spacial score (nSPS) is 17.2. The van der Waals surface area contributed by atoms with Gasteiger partial charge in [0.2, 0.25) is 0 Å². The summed E-state index contributed by atoms with van der Waals surface area (Å²) in [5, 5.41) is 8.55. The van der Waals surface area contributed by atoms with Gasteiger partial charge in [0, 0.05) is 29.6 Å². The summed E-state index contributed by atoms with van der Waals surface area (Å²) in [5.41, 5.74) is 3.24. The summed E-state index contributed by atoms with van der Waals surface area (Å²) in [6.45, 7) is 12.5. The monoisotopic (exact) mass is 632 g/mol. The van der Waals surface area contributed by atoms with Gasteiger partial charge in [-0.05, 0) is 95.1 Å². The number of nitrogens with one attached hydrogen (secondary N) is 1. The van der Waals surface area contributed by atoms with E-state index in [-0.39, 0.29) is 34.7 Å². The van der Waals surface area contributed by atoms with Crippen LogP contribution in [0.5, 0.6) is 5.75 Å². The zero-order valence-corrected chi connectivity index (χ0v) is 27.1. The zero-order valence-electron chi connectivity index (χ0n) is 26.4. The zero-order chi connectivity index (χ0) is 32.5. The first kappa shape index (κ1) is 32.0. The maximum atomic E-state index is 14.8. The van der Waals surface area contributed by atoms with E-state index in [0.717, 1.165) is 22.2 Å². The van der Waals surface area contributed by atoms with Crippen LogP contribution in [0.2, 0.25) is 5.02 Å². The van der Waals surface area contributed by atoms with E-state index in [1.54, 1.807) is 21.9 Å². The Bertz CT molecular complexity index is 1730. The predicted molar refractivity (Wildman–Crippen MR) is 176 cm³/mol. The second kappa shape index (κ2) is 12.9. The minimum absolute atomic E-state index is 0.0782. The smallest absolute Gasteiger partial charge is 0.410 e. The van der Waals surface area contributed by atoms with Crippen LogP contribution < -0.4 is 4.74 Å². The Morgan fingerprint density at radius 1 is 1.04 bits per heavy atom. The highest BCUT2D eigenvalue weighted by molar-refractivity contribution is 6.35. The van der Waals surface area contributed by atoms with Crippen LogP contribution in [0.3, 0.4) is 0 Å². The van der Waals surface area contributed by atoms with Gasteiger partial charge in [0.25, 0.3) is 5.91 Å². The van der Waals surface area contributed by atoms with Gasteiger partial charge in [0.05, 0.1) is 34.9 Å². The second-order valence-corrected chi connectivity index (χ2v) is 12.7. The summed E-state index contributed by atoms with van der Waals surface area (Å²) < 4.78 is 25.9. The van der Waals surface area contributed by atoms with Crippen LogP contribution in [0, 0.1) is 5.82 Å². The fourth-order valence-corrected chi connectivity index (χ4v) is 5.96. The van der Waals surface area contributed by atoms with Gasteiger partial charge in [-0.2, -0.15) is 5.10 Å². The number of nitrogens with zero attached hydrogens (tertiary/aromatic N) is 3. The first-order valence-corrected chi connectivity index (χ1v) is 15.4. The molecule has 4 aromatic rings. The van der Waals surface area contributed by atoms with Gasteiger partial charge in [-0.15, -0.1) is 0 Å². The van der Waals surface area contributed by atoms with Crippen LogP contribution >= 0.6 is 11.6 Å². The third-order valence-electron chi connectivity index (χ3n) is 7.64. The number of benzene rings is 3. The van der Waals surface area contributed by atoms with E-state index in [1.165, 1.54) is 12.1 Å². The summed E-state index contributed by atoms with van der Waals surface area (Å²) in [6, 6.07) is 15.4. The molecular weight excluding hydrogens is 595 g/mol. The average Bonchev–Trinajstić information content (AvgIpc) is 3.38. The molecule has 10 heteroatoms. The van der Waals surface area contributed by atoms with Gasteiger partial charge in [-0.3, -0.25) is 14.8 Å². The second-order valence-electron chi connectivity index (χ2n) is 12.3. The maximum Gasteiger partial charge on any atom is 0.410 e. The molecular formula is C35H38ClFN4O4. The molecule has 1 fully saturated rings. The lowest BCUT2D eigenvalue weighted by Gasteiger charge is -2.44. The number of ether oxygens (including phenoxy) is 2. The molecule has 0 spiro atoms. The number of carbonyl (C=O) groups is 2. The summed E-state index contributed by atoms with van der Waals surface area (Å²) in [6.07, 6.45) is 3.45. The molecule has 45 heavy (non-hydrogen) atoms. The van der Waals surface area contributed by atoms with E-state index in [2.05, 4.69) is 10.2 Å². The number of halogens is 2. The van der Waals surface area contributed by atoms with Gasteiger partial charge in [-0.1, -0.05) is 35.9 Å². The molecule has 0 unspecified atom stereocenters. The highest BCUT2D eigenvalue weighted by Gasteiger charge is 2.37. The molecule has 8 nitrogen and oxygen atoms in total. The number of H-pyrrole nitrogens is 1. The first-order valence-electron chi connectivity index (χ1n) is 15.0. The van der Waals surface area contributed by atoms with Crippen LogP contribution in [-0.4, -0.2) is 69.4 Å². The van der Waals surface area contributed by atoms with Crippen molar-refractivity contribution in [3.05, 3.63) is 82.3 Å². The number of amides is 2. The Kier molecular flexibility index (Phi) is 9.20. The van der Waals surface area contributed by atoms with Crippen LogP contribution in [0.1, 0.15) is 63.2 Å². The Balaban J connectivity index is 1.27. The number of hydrogen-bond acceptors (Lipinski definition) is 5. The fourth-order valence-electron chi connectivity index (χ4n) is 5.65. The number of piperazine rings is 1. The van der Waals surface area contributed by atoms with E-state index >= 15 is 0 Å². The minimum Gasteiger partial charge on any atom is -0.492 e. The average molecular weight is 633 g/mol. The van der Waals surface area contributed by atoms with Crippen molar-refractivity contribution in [2.24, 2.45) is 0 Å². The van der Waals surface area contributed by atoms with Crippen LogP contribution in [0.25, 0.3) is 34.2 Å². The molecule has 0 aliphatic carbocycles. The molecule has 0 radical (unpaired) electrons. The Labute approximate surface area is 267 Å². The molecule has 0 saturated carbocycles. The van der Waals surface area contributed by atoms with Crippen molar-refractivity contribution in [3.8, 4) is 16.9 Å². The minimum atomic E-state index is -0.583. The van der Waals surface area contributed by atoms with E-state index in [1.807, 2.05) is 84.0 Å². The van der Waals surface area contributed by atoms with Crippen molar-refractivity contribution in [2.45, 2.75) is 59.2 Å². The number of hydrogen-bond donors (Lipinski definition) is 1. The summed E-state index contributed by atoms with van der Waals surface area (Å²) in [4.78, 5) is 29.6. The fraction of sp³-hybridized carbons (Fsp3) is 0.343. The third kappa shape index (κ3) is 6.99. The highest BCUT2D eigenvalue weighted by Crippen LogP contribution is 2.38. The number of aromatic nitrogens is 2. The molecule has 236 valence electrons. The van der Waals surface area contributed by atoms with Gasteiger partial charge in [-0.25, -0.2) is 9.18 Å². The first-order chi connectivity index (χ1) is 21.4. The van der Waals surface area contributed by atoms with Crippen molar-refractivity contribution >= 4 is 46.7 Å². The van der Waals surface area contributed by atoms with Crippen LogP contribution in [0.4, 0.5) is 9.18 Å². The molecule has 0 bridgehead atoms. The van der Waals surface area contributed by atoms with Gasteiger partial charge < -0.3 is 14.4 Å². The number of rotatable bonds is 6. The Hall–Kier alpha value is -4.37. The van der Waals surface area contributed by atoms with Crippen molar-refractivity contribution in [1.82, 2.24) is 20.0 Å². The molecule has 3 aromatic carbocycles. The summed E-state index contributed by atoms with van der Waals surface area (Å²) in [5.74, 6) is -0.0801. The molecule has 1 aromatic heterocycles. The van der Waals surface area contributed by atoms with Crippen molar-refractivity contribution < 1.29 is 23.5 Å². The quantitative estimate of drug-likeness (QED) is 0.232. The summed E-state index contributed by atoms with van der Waals surface area (Å²) in [7, 11) is 0. The Morgan fingerprint density at radius 2 is 1.73 bits per heavy atom. The number of fused-ring (bicyclic) bond motifs is 1. The van der Waals surface area contributed by atoms with E-state index in [4.69, 9.17) is 21.1 Å². The number of carbonyl (C=O) groups excluding carboxylic acids is 2. The molecule has 1 N–H and O–H groups in total. The third-order valence-corrected chi connectivity index (χ3v) is 8.01. The van der Waals surface area contributed by atoms with E-state index < -0.39 is 11.4 Å². The highest BCUT2D eigenvalue weighted by atomic mass is 35.5. The van der Waals surface area contributed by atoms with Gasteiger partial charge in [0.15, 0.2) is 0 Å². The van der Waals surface area contributed by atoms with Crippen LogP contribution in [-0.2, 0) is 4.74 Å². The molecule has 1 aliphatic rings. The Morgan fingerprint density at radius 3 is 2.38 bits per heavy atom. The molecule has 1 saturated heterocycles. The maximum absolute atomic E-state index is 14.8. The lowest BCUT2D eigenvalue weighted by molar-refractivity contribution is -0.0129. The molecule has 1 aliphatic heterocycles. The lowest BCUT2D eigenvalue weighted by Crippen LogP contribution is -2.60. The summed E-state index contributed by atoms with van der Waals surface area (Å²) >= 11 is 6.48. The van der Waals surface area contributed by atoms with Gasteiger partial charge >= 0.3 is 6.09 Å². The lowest BCUT2D eigenvalue weighted by atomic mass is 10.0. The SMILES string of the molecule is CCOc1ccc(F)c(-c2ccc3c(/C=C/c4ccc(C(=O)N5C[C@@H](C)N(C(=O)OC(C)(C)C)[C@@H](C)C5)cc4)n[nH]c3c2)c1Cl. The predicted octanol–water partition coefficient (Wildman–Crippen LogP) is 8.06.